The van der Waals surface area contributed by atoms with Crippen molar-refractivity contribution in [1.29, 1.82) is 0 Å². The monoisotopic (exact) mass is 154 g/mol. The van der Waals surface area contributed by atoms with Gasteiger partial charge in [0.25, 0.3) is 0 Å². The van der Waals surface area contributed by atoms with E-state index in [1.807, 2.05) is 0 Å². The lowest BCUT2D eigenvalue weighted by atomic mass is 10.4. The summed E-state index contributed by atoms with van der Waals surface area (Å²) in [5, 5.41) is 5.75. The quantitative estimate of drug-likeness (QED) is 0.622. The highest BCUT2D eigenvalue weighted by Crippen LogP contribution is 2.27. The van der Waals surface area contributed by atoms with Crippen molar-refractivity contribution < 1.29 is 4.79 Å². The Labute approximate surface area is 66.5 Å². The first-order chi connectivity index (χ1) is 5.34. The number of nitrogens with one attached hydrogen (secondary N) is 2. The number of urea groups is 1. The number of amides is 2. The van der Waals surface area contributed by atoms with Crippen LogP contribution in [0.3, 0.4) is 0 Å². The smallest absolute Gasteiger partial charge is 0.315 e. The molecule has 2 aliphatic carbocycles. The average Bonchev–Trinajstić information content (AvgIpc) is 2.80. The molecule has 2 aliphatic rings. The summed E-state index contributed by atoms with van der Waals surface area (Å²) >= 11 is 0. The Balaban J connectivity index is 1.56. The van der Waals surface area contributed by atoms with Gasteiger partial charge in [-0.2, -0.15) is 0 Å². The van der Waals surface area contributed by atoms with Gasteiger partial charge in [-0.1, -0.05) is 0 Å². The predicted octanol–water partition coefficient (Wildman–Crippen LogP) is 0.858. The number of hydrogen-bond acceptors (Lipinski definition) is 1. The zero-order valence-corrected chi connectivity index (χ0v) is 6.60. The molecule has 3 heteroatoms. The SMILES string of the molecule is O=C(NCC1CC1)NC1CC1. The maximum absolute atomic E-state index is 11.0. The molecule has 0 unspecified atom stereocenters. The van der Waals surface area contributed by atoms with Gasteiger partial charge in [0.05, 0.1) is 0 Å². The van der Waals surface area contributed by atoms with Gasteiger partial charge in [-0.05, 0) is 31.6 Å². The highest BCUT2D eigenvalue weighted by Gasteiger charge is 2.25. The van der Waals surface area contributed by atoms with Gasteiger partial charge in [-0.15, -0.1) is 0 Å². The molecule has 0 heterocycles. The third kappa shape index (κ3) is 2.41. The van der Waals surface area contributed by atoms with E-state index in [-0.39, 0.29) is 6.03 Å². The minimum absolute atomic E-state index is 0.0272. The van der Waals surface area contributed by atoms with E-state index in [9.17, 15) is 4.79 Å². The molecule has 0 radical (unpaired) electrons. The largest absolute Gasteiger partial charge is 0.338 e. The van der Waals surface area contributed by atoms with E-state index >= 15 is 0 Å². The molecule has 0 aromatic rings. The molecule has 2 saturated carbocycles. The van der Waals surface area contributed by atoms with Gasteiger partial charge in [0.1, 0.15) is 0 Å². The molecule has 0 spiro atoms. The zero-order valence-electron chi connectivity index (χ0n) is 6.60. The molecule has 2 fully saturated rings. The summed E-state index contributed by atoms with van der Waals surface area (Å²) < 4.78 is 0. The van der Waals surface area contributed by atoms with E-state index in [4.69, 9.17) is 0 Å². The van der Waals surface area contributed by atoms with Gasteiger partial charge in [0.15, 0.2) is 0 Å². The molecule has 2 amide bonds. The second-order valence-electron chi connectivity index (χ2n) is 3.57. The molecule has 2 rings (SSSR count). The van der Waals surface area contributed by atoms with Crippen LogP contribution >= 0.6 is 0 Å². The highest BCUT2D eigenvalue weighted by atomic mass is 16.2. The van der Waals surface area contributed by atoms with Gasteiger partial charge < -0.3 is 10.6 Å². The molecule has 0 aliphatic heterocycles. The van der Waals surface area contributed by atoms with E-state index in [1.54, 1.807) is 0 Å². The fourth-order valence-corrected chi connectivity index (χ4v) is 1.02. The van der Waals surface area contributed by atoms with Crippen molar-refractivity contribution in [2.75, 3.05) is 6.54 Å². The van der Waals surface area contributed by atoms with Crippen LogP contribution in [0.5, 0.6) is 0 Å². The Morgan fingerprint density at radius 3 is 2.55 bits per heavy atom. The predicted molar refractivity (Wildman–Crippen MR) is 42.3 cm³/mol. The maximum atomic E-state index is 11.0. The Morgan fingerprint density at radius 1 is 1.27 bits per heavy atom. The molecule has 11 heavy (non-hydrogen) atoms. The second kappa shape index (κ2) is 2.72. The van der Waals surface area contributed by atoms with Gasteiger partial charge in [0.2, 0.25) is 0 Å². The van der Waals surface area contributed by atoms with Crippen LogP contribution < -0.4 is 10.6 Å². The Hall–Kier alpha value is -0.730. The summed E-state index contributed by atoms with van der Waals surface area (Å²) in [5.74, 6) is 0.778. The first kappa shape index (κ1) is 6.95. The maximum Gasteiger partial charge on any atom is 0.315 e. The number of carbonyl (C=O) groups is 1. The standard InChI is InChI=1S/C8H14N2O/c11-8(10-7-3-4-7)9-5-6-1-2-6/h6-7H,1-5H2,(H2,9,10,11). The normalized spacial score (nSPS) is 22.9. The van der Waals surface area contributed by atoms with Crippen molar-refractivity contribution in [2.45, 2.75) is 31.7 Å². The number of carbonyl (C=O) groups excluding carboxylic acids is 1. The second-order valence-corrected chi connectivity index (χ2v) is 3.57. The lowest BCUT2D eigenvalue weighted by molar-refractivity contribution is 0.240. The van der Waals surface area contributed by atoms with E-state index in [0.29, 0.717) is 6.04 Å². The third-order valence-electron chi connectivity index (χ3n) is 2.16. The molecule has 0 atom stereocenters. The minimum atomic E-state index is 0.0272. The van der Waals surface area contributed by atoms with Gasteiger partial charge in [-0.25, -0.2) is 4.79 Å². The fraction of sp³-hybridized carbons (Fsp3) is 0.875. The van der Waals surface area contributed by atoms with Crippen LogP contribution in [0.2, 0.25) is 0 Å². The molecule has 62 valence electrons. The van der Waals surface area contributed by atoms with Crippen LogP contribution in [0.1, 0.15) is 25.7 Å². The Bertz CT molecular complexity index is 161. The van der Waals surface area contributed by atoms with Crippen molar-refractivity contribution in [3.05, 3.63) is 0 Å². The summed E-state index contributed by atoms with van der Waals surface area (Å²) in [7, 11) is 0. The lowest BCUT2D eigenvalue weighted by Gasteiger charge is -2.04. The Morgan fingerprint density at radius 2 is 2.00 bits per heavy atom. The van der Waals surface area contributed by atoms with Gasteiger partial charge >= 0.3 is 6.03 Å². The molecule has 0 aromatic carbocycles. The van der Waals surface area contributed by atoms with Crippen LogP contribution in [0.4, 0.5) is 4.79 Å². The fourth-order valence-electron chi connectivity index (χ4n) is 1.02. The molecular weight excluding hydrogens is 140 g/mol. The first-order valence-corrected chi connectivity index (χ1v) is 4.39. The van der Waals surface area contributed by atoms with E-state index in [1.165, 1.54) is 12.8 Å². The van der Waals surface area contributed by atoms with Crippen LogP contribution in [0, 0.1) is 5.92 Å². The first-order valence-electron chi connectivity index (χ1n) is 4.39. The van der Waals surface area contributed by atoms with Gasteiger partial charge in [-0.3, -0.25) is 0 Å². The van der Waals surface area contributed by atoms with Gasteiger partial charge in [0, 0.05) is 12.6 Å². The van der Waals surface area contributed by atoms with Crippen molar-refractivity contribution in [3.8, 4) is 0 Å². The summed E-state index contributed by atoms with van der Waals surface area (Å²) in [6, 6.07) is 0.508. The number of rotatable bonds is 3. The van der Waals surface area contributed by atoms with E-state index in [2.05, 4.69) is 10.6 Å². The Kier molecular flexibility index (Phi) is 1.72. The average molecular weight is 154 g/mol. The summed E-state index contributed by atoms with van der Waals surface area (Å²) in [4.78, 5) is 11.0. The van der Waals surface area contributed by atoms with Crippen LogP contribution in [-0.2, 0) is 0 Å². The molecular formula is C8H14N2O. The molecule has 3 nitrogen and oxygen atoms in total. The van der Waals surface area contributed by atoms with Crippen LogP contribution in [-0.4, -0.2) is 18.6 Å². The minimum Gasteiger partial charge on any atom is -0.338 e. The topological polar surface area (TPSA) is 41.1 Å². The highest BCUT2D eigenvalue weighted by molar-refractivity contribution is 5.74. The van der Waals surface area contributed by atoms with Crippen molar-refractivity contribution in [2.24, 2.45) is 5.92 Å². The van der Waals surface area contributed by atoms with Crippen LogP contribution in [0.25, 0.3) is 0 Å². The summed E-state index contributed by atoms with van der Waals surface area (Å²) in [5.41, 5.74) is 0. The number of hydrogen-bond donors (Lipinski definition) is 2. The van der Waals surface area contributed by atoms with Crippen LogP contribution in [0.15, 0.2) is 0 Å². The van der Waals surface area contributed by atoms with Crippen molar-refractivity contribution in [3.63, 3.8) is 0 Å². The molecule has 0 saturated heterocycles. The summed E-state index contributed by atoms with van der Waals surface area (Å²) in [6.07, 6.45) is 4.92. The van der Waals surface area contributed by atoms with E-state index < -0.39 is 0 Å². The summed E-state index contributed by atoms with van der Waals surface area (Å²) in [6.45, 7) is 0.874. The van der Waals surface area contributed by atoms with Crippen molar-refractivity contribution in [1.82, 2.24) is 10.6 Å². The van der Waals surface area contributed by atoms with Crippen molar-refractivity contribution >= 4 is 6.03 Å². The molecule has 2 N–H and O–H groups in total. The molecule has 0 bridgehead atoms. The lowest BCUT2D eigenvalue weighted by Crippen LogP contribution is -2.37. The molecule has 0 aromatic heterocycles. The third-order valence-corrected chi connectivity index (χ3v) is 2.16. The zero-order chi connectivity index (χ0) is 7.68. The van der Waals surface area contributed by atoms with E-state index in [0.717, 1.165) is 25.3 Å².